The first kappa shape index (κ1) is 27.4. The lowest BCUT2D eigenvalue weighted by Gasteiger charge is -2.28. The molecule has 0 unspecified atom stereocenters. The maximum atomic E-state index is 13.5. The SMILES string of the molecule is CNC1(c2ccc(C(C)C)cc2OC(=O)c2ccccc2)C(=O)c2ccccc2C1=O.O=Cc1ccccc1. The van der Waals surface area contributed by atoms with Crippen LogP contribution in [0.3, 0.4) is 0 Å². The van der Waals surface area contributed by atoms with E-state index in [1.54, 1.807) is 79.8 Å². The number of carbonyl (C=O) groups is 4. The number of nitrogens with one attached hydrogen (secondary N) is 1. The molecule has 1 N–H and O–H groups in total. The monoisotopic (exact) mass is 519 g/mol. The zero-order chi connectivity index (χ0) is 28.0. The van der Waals surface area contributed by atoms with Crippen LogP contribution < -0.4 is 10.1 Å². The topological polar surface area (TPSA) is 89.5 Å². The molecule has 0 heterocycles. The average molecular weight is 520 g/mol. The van der Waals surface area contributed by atoms with Crippen molar-refractivity contribution in [1.82, 2.24) is 5.32 Å². The molecule has 0 amide bonds. The van der Waals surface area contributed by atoms with Crippen molar-refractivity contribution in [2.45, 2.75) is 25.3 Å². The first-order chi connectivity index (χ1) is 18.8. The van der Waals surface area contributed by atoms with Gasteiger partial charge in [0.25, 0.3) is 0 Å². The molecule has 39 heavy (non-hydrogen) atoms. The molecule has 0 atom stereocenters. The van der Waals surface area contributed by atoms with Crippen molar-refractivity contribution in [3.63, 3.8) is 0 Å². The summed E-state index contributed by atoms with van der Waals surface area (Å²) >= 11 is 0. The van der Waals surface area contributed by atoms with Gasteiger partial charge in [0.15, 0.2) is 17.1 Å². The van der Waals surface area contributed by atoms with Crippen molar-refractivity contribution >= 4 is 23.8 Å². The number of likely N-dealkylation sites (N-methyl/N-ethyl adjacent to an activating group) is 1. The van der Waals surface area contributed by atoms with E-state index in [0.717, 1.165) is 17.4 Å². The van der Waals surface area contributed by atoms with Gasteiger partial charge in [-0.3, -0.25) is 19.7 Å². The molecule has 0 spiro atoms. The summed E-state index contributed by atoms with van der Waals surface area (Å²) in [4.78, 5) is 49.8. The van der Waals surface area contributed by atoms with Crippen molar-refractivity contribution in [2.75, 3.05) is 7.05 Å². The lowest BCUT2D eigenvalue weighted by molar-refractivity contribution is 0.0701. The Morgan fingerprint density at radius 1 is 0.795 bits per heavy atom. The Morgan fingerprint density at radius 2 is 1.33 bits per heavy atom. The minimum Gasteiger partial charge on any atom is -0.423 e. The molecule has 6 heteroatoms. The number of fused-ring (bicyclic) bond motifs is 1. The number of esters is 1. The second-order valence-corrected chi connectivity index (χ2v) is 9.40. The Balaban J connectivity index is 0.000000379. The van der Waals surface area contributed by atoms with E-state index in [2.05, 4.69) is 5.32 Å². The summed E-state index contributed by atoms with van der Waals surface area (Å²) < 4.78 is 5.77. The molecule has 0 aliphatic heterocycles. The standard InChI is InChI=1S/C26H23NO4.C7H6O/c1-16(2)18-13-14-21(22(15-18)31-25(30)17-9-5-4-6-10-17)26(27-3)23(28)19-11-7-8-12-20(19)24(26)29;8-6-7-4-2-1-3-5-7/h4-16,27H,1-3H3;1-6H. The van der Waals surface area contributed by atoms with Crippen LogP contribution in [-0.2, 0) is 5.54 Å². The van der Waals surface area contributed by atoms with Crippen molar-refractivity contribution in [3.8, 4) is 5.75 Å². The molecule has 4 aromatic carbocycles. The zero-order valence-electron chi connectivity index (χ0n) is 22.0. The summed E-state index contributed by atoms with van der Waals surface area (Å²) in [6, 6.07) is 29.8. The van der Waals surface area contributed by atoms with E-state index in [1.165, 1.54) is 0 Å². The van der Waals surface area contributed by atoms with Crippen molar-refractivity contribution in [1.29, 1.82) is 0 Å². The molecular formula is C33H29NO5. The first-order valence-corrected chi connectivity index (χ1v) is 12.6. The largest absolute Gasteiger partial charge is 0.423 e. The Bertz CT molecular complexity index is 1470. The lowest BCUT2D eigenvalue weighted by atomic mass is 9.83. The van der Waals surface area contributed by atoms with Crippen LogP contribution in [0, 0.1) is 0 Å². The lowest BCUT2D eigenvalue weighted by Crippen LogP contribution is -2.50. The fraction of sp³-hybridized carbons (Fsp3) is 0.152. The molecule has 5 rings (SSSR count). The highest BCUT2D eigenvalue weighted by molar-refractivity contribution is 6.33. The van der Waals surface area contributed by atoms with Gasteiger partial charge in [-0.05, 0) is 36.7 Å². The number of carbonyl (C=O) groups excluding carboxylic acids is 4. The molecule has 1 aliphatic rings. The molecule has 0 saturated heterocycles. The van der Waals surface area contributed by atoms with Gasteiger partial charge in [-0.25, -0.2) is 4.79 Å². The van der Waals surface area contributed by atoms with Gasteiger partial charge in [0.1, 0.15) is 12.0 Å². The minimum atomic E-state index is -1.65. The van der Waals surface area contributed by atoms with Crippen LogP contribution >= 0.6 is 0 Å². The van der Waals surface area contributed by atoms with Crippen LogP contribution in [0.4, 0.5) is 0 Å². The van der Waals surface area contributed by atoms with Crippen LogP contribution in [0.2, 0.25) is 0 Å². The molecule has 0 radical (unpaired) electrons. The molecule has 0 bridgehead atoms. The number of ketones is 2. The Hall–Kier alpha value is -4.68. The van der Waals surface area contributed by atoms with Crippen LogP contribution in [0.1, 0.15) is 72.3 Å². The third-order valence-corrected chi connectivity index (χ3v) is 6.70. The number of benzene rings is 4. The summed E-state index contributed by atoms with van der Waals surface area (Å²) in [5, 5.41) is 2.95. The van der Waals surface area contributed by atoms with Gasteiger partial charge in [0, 0.05) is 22.3 Å². The third kappa shape index (κ3) is 5.33. The van der Waals surface area contributed by atoms with Crippen molar-refractivity contribution in [3.05, 3.63) is 137 Å². The molecule has 196 valence electrons. The van der Waals surface area contributed by atoms with Crippen LogP contribution in [0.5, 0.6) is 5.75 Å². The quantitative estimate of drug-likeness (QED) is 0.145. The van der Waals surface area contributed by atoms with E-state index < -0.39 is 11.5 Å². The van der Waals surface area contributed by atoms with E-state index in [0.29, 0.717) is 22.3 Å². The molecular weight excluding hydrogens is 490 g/mol. The highest BCUT2D eigenvalue weighted by Gasteiger charge is 2.54. The van der Waals surface area contributed by atoms with E-state index in [4.69, 9.17) is 4.74 Å². The normalized spacial score (nSPS) is 13.3. The van der Waals surface area contributed by atoms with Gasteiger partial charge in [-0.1, -0.05) is 98.8 Å². The van der Waals surface area contributed by atoms with Crippen LogP contribution in [-0.4, -0.2) is 30.9 Å². The van der Waals surface area contributed by atoms with E-state index in [1.807, 2.05) is 44.2 Å². The van der Waals surface area contributed by atoms with Crippen molar-refractivity contribution in [2.24, 2.45) is 0 Å². The summed E-state index contributed by atoms with van der Waals surface area (Å²) in [5.41, 5.74) is 1.44. The maximum Gasteiger partial charge on any atom is 0.343 e. The smallest absolute Gasteiger partial charge is 0.343 e. The molecule has 6 nitrogen and oxygen atoms in total. The Kier molecular flexibility index (Phi) is 8.27. The number of aldehydes is 1. The van der Waals surface area contributed by atoms with Gasteiger partial charge in [-0.15, -0.1) is 0 Å². The predicted octanol–water partition coefficient (Wildman–Crippen LogP) is 6.02. The van der Waals surface area contributed by atoms with Crippen LogP contribution in [0.15, 0.2) is 103 Å². The van der Waals surface area contributed by atoms with E-state index in [-0.39, 0.29) is 23.2 Å². The number of ether oxygens (including phenoxy) is 1. The zero-order valence-corrected chi connectivity index (χ0v) is 22.0. The molecule has 1 aliphatic carbocycles. The summed E-state index contributed by atoms with van der Waals surface area (Å²) in [6.45, 7) is 4.04. The average Bonchev–Trinajstić information content (AvgIpc) is 3.20. The Morgan fingerprint density at radius 3 is 1.82 bits per heavy atom. The molecule has 0 aromatic heterocycles. The minimum absolute atomic E-state index is 0.168. The fourth-order valence-electron chi connectivity index (χ4n) is 4.55. The Labute approximate surface area is 227 Å². The van der Waals surface area contributed by atoms with Gasteiger partial charge in [0.2, 0.25) is 0 Å². The highest BCUT2D eigenvalue weighted by atomic mass is 16.5. The van der Waals surface area contributed by atoms with Gasteiger partial charge in [0.05, 0.1) is 5.56 Å². The summed E-state index contributed by atoms with van der Waals surface area (Å²) in [6.07, 6.45) is 0.833. The van der Waals surface area contributed by atoms with Gasteiger partial charge in [-0.2, -0.15) is 0 Å². The summed E-state index contributed by atoms with van der Waals surface area (Å²) in [5.74, 6) is -0.899. The number of hydrogen-bond acceptors (Lipinski definition) is 6. The van der Waals surface area contributed by atoms with E-state index in [9.17, 15) is 19.2 Å². The van der Waals surface area contributed by atoms with Crippen molar-refractivity contribution < 1.29 is 23.9 Å². The van der Waals surface area contributed by atoms with Gasteiger partial charge < -0.3 is 4.74 Å². The molecule has 0 fully saturated rings. The first-order valence-electron chi connectivity index (χ1n) is 12.6. The molecule has 0 saturated carbocycles. The number of Topliss-reactive ketones (excluding diaryl/α,β-unsaturated/α-hetero) is 2. The highest BCUT2D eigenvalue weighted by Crippen LogP contribution is 2.42. The number of hydrogen-bond donors (Lipinski definition) is 1. The number of rotatable bonds is 6. The maximum absolute atomic E-state index is 13.5. The third-order valence-electron chi connectivity index (χ3n) is 6.70. The fourth-order valence-corrected chi connectivity index (χ4v) is 4.55. The second kappa shape index (κ2) is 11.8. The van der Waals surface area contributed by atoms with E-state index >= 15 is 0 Å². The second-order valence-electron chi connectivity index (χ2n) is 9.40. The van der Waals surface area contributed by atoms with Crippen LogP contribution in [0.25, 0.3) is 0 Å². The predicted molar refractivity (Wildman–Crippen MR) is 150 cm³/mol. The summed E-state index contributed by atoms with van der Waals surface area (Å²) in [7, 11) is 1.57. The molecule has 4 aromatic rings. The van der Waals surface area contributed by atoms with Gasteiger partial charge >= 0.3 is 5.97 Å².